The van der Waals surface area contributed by atoms with Crippen molar-refractivity contribution in [2.75, 3.05) is 26.8 Å². The minimum Gasteiger partial charge on any atom is -0.383 e. The molecule has 1 aromatic carbocycles. The number of hydrogen-bond donors (Lipinski definition) is 1. The van der Waals surface area contributed by atoms with Gasteiger partial charge in [0.2, 0.25) is 0 Å². The van der Waals surface area contributed by atoms with E-state index in [1.165, 1.54) is 5.56 Å². The van der Waals surface area contributed by atoms with E-state index in [2.05, 4.69) is 34.7 Å². The van der Waals surface area contributed by atoms with E-state index in [1.807, 2.05) is 18.2 Å². The smallest absolute Gasteiger partial charge is 0.0590 e. The van der Waals surface area contributed by atoms with Crippen molar-refractivity contribution < 1.29 is 4.74 Å². The average Bonchev–Trinajstić information content (AvgIpc) is 2.37. The molecule has 0 aromatic heterocycles. The molecule has 0 aliphatic carbocycles. The minimum absolute atomic E-state index is 0.170. The molecule has 1 aromatic rings. The first-order chi connectivity index (χ1) is 9.01. The summed E-state index contributed by atoms with van der Waals surface area (Å²) in [5.41, 5.74) is 7.14. The fraction of sp³-hybridized carbons (Fsp3) is 0.571. The van der Waals surface area contributed by atoms with E-state index in [1.54, 1.807) is 7.11 Å². The van der Waals surface area contributed by atoms with Gasteiger partial charge in [-0.15, -0.1) is 0 Å². The molecule has 0 saturated carbocycles. The van der Waals surface area contributed by atoms with Crippen LogP contribution in [0.5, 0.6) is 0 Å². The summed E-state index contributed by atoms with van der Waals surface area (Å²) in [7, 11) is 1.72. The van der Waals surface area contributed by atoms with Gasteiger partial charge in [0.25, 0.3) is 0 Å². The van der Waals surface area contributed by atoms with Gasteiger partial charge in [0.1, 0.15) is 0 Å². The molecule has 0 aliphatic heterocycles. The second kappa shape index (κ2) is 8.22. The third-order valence-corrected chi connectivity index (χ3v) is 4.38. The highest BCUT2D eigenvalue weighted by Gasteiger charge is 2.21. The fourth-order valence-corrected chi connectivity index (χ4v) is 2.67. The van der Waals surface area contributed by atoms with E-state index in [9.17, 15) is 0 Å². The van der Waals surface area contributed by atoms with Gasteiger partial charge >= 0.3 is 0 Å². The summed E-state index contributed by atoms with van der Waals surface area (Å²) in [6.07, 6.45) is 0. The molecule has 0 radical (unpaired) electrons. The quantitative estimate of drug-likeness (QED) is 0.819. The summed E-state index contributed by atoms with van der Waals surface area (Å²) in [5.74, 6) is 0. The maximum absolute atomic E-state index is 6.04. The van der Waals surface area contributed by atoms with Crippen LogP contribution in [0.4, 0.5) is 0 Å². The van der Waals surface area contributed by atoms with E-state index < -0.39 is 0 Å². The molecule has 3 nitrogen and oxygen atoms in total. The summed E-state index contributed by atoms with van der Waals surface area (Å²) >= 11 is 9.51. The highest BCUT2D eigenvalue weighted by Crippen LogP contribution is 2.29. The van der Waals surface area contributed by atoms with Gasteiger partial charge in [-0.2, -0.15) is 0 Å². The van der Waals surface area contributed by atoms with Gasteiger partial charge in [-0.05, 0) is 47.5 Å². The van der Waals surface area contributed by atoms with Crippen LogP contribution < -0.4 is 5.73 Å². The number of halogens is 2. The maximum atomic E-state index is 6.04. The molecule has 108 valence electrons. The summed E-state index contributed by atoms with van der Waals surface area (Å²) in [6, 6.07) is 6.55. The Morgan fingerprint density at radius 2 is 2.11 bits per heavy atom. The Balaban J connectivity index is 2.97. The Labute approximate surface area is 129 Å². The molecular weight excluding hydrogens is 328 g/mol. The number of hydrogen-bond acceptors (Lipinski definition) is 3. The van der Waals surface area contributed by atoms with Crippen molar-refractivity contribution >= 4 is 27.5 Å². The van der Waals surface area contributed by atoms with Gasteiger partial charge < -0.3 is 10.5 Å². The molecule has 0 fully saturated rings. The second-order valence-corrected chi connectivity index (χ2v) is 6.01. The molecule has 0 spiro atoms. The first kappa shape index (κ1) is 16.9. The van der Waals surface area contributed by atoms with Crippen LogP contribution in [-0.2, 0) is 4.74 Å². The van der Waals surface area contributed by atoms with Crippen molar-refractivity contribution in [1.82, 2.24) is 4.90 Å². The molecular formula is C14H22BrClN2O. The molecule has 0 amide bonds. The van der Waals surface area contributed by atoms with Crippen LogP contribution in [0.2, 0.25) is 5.02 Å². The normalized spacial score (nSPS) is 13.3. The van der Waals surface area contributed by atoms with Crippen LogP contribution in [-0.4, -0.2) is 37.7 Å². The van der Waals surface area contributed by atoms with Crippen molar-refractivity contribution in [2.24, 2.45) is 5.73 Å². The molecule has 0 bridgehead atoms. The van der Waals surface area contributed by atoms with Crippen molar-refractivity contribution in [2.45, 2.75) is 25.9 Å². The van der Waals surface area contributed by atoms with Gasteiger partial charge in [-0.1, -0.05) is 17.7 Å². The fourth-order valence-electron chi connectivity index (χ4n) is 2.15. The summed E-state index contributed by atoms with van der Waals surface area (Å²) in [6.45, 7) is 6.46. The van der Waals surface area contributed by atoms with Gasteiger partial charge in [-0.25, -0.2) is 0 Å². The van der Waals surface area contributed by atoms with Crippen LogP contribution in [0.15, 0.2) is 22.7 Å². The SMILES string of the molecule is COCCN(C(C)C)C(CN)c1ccc(Cl)c(Br)c1. The topological polar surface area (TPSA) is 38.5 Å². The predicted octanol–water partition coefficient (Wildman–Crippen LogP) is 3.46. The molecule has 5 heteroatoms. The Morgan fingerprint density at radius 3 is 2.58 bits per heavy atom. The van der Waals surface area contributed by atoms with Crippen LogP contribution in [0.1, 0.15) is 25.5 Å². The first-order valence-corrected chi connectivity index (χ1v) is 7.58. The van der Waals surface area contributed by atoms with Crippen LogP contribution in [0.25, 0.3) is 0 Å². The van der Waals surface area contributed by atoms with Gasteiger partial charge in [0, 0.05) is 36.8 Å². The lowest BCUT2D eigenvalue weighted by atomic mass is 10.0. The van der Waals surface area contributed by atoms with Crippen LogP contribution in [0.3, 0.4) is 0 Å². The number of rotatable bonds is 7. The Bertz CT molecular complexity index is 401. The zero-order valence-electron chi connectivity index (χ0n) is 11.7. The van der Waals surface area contributed by atoms with Gasteiger partial charge in [-0.3, -0.25) is 4.90 Å². The summed E-state index contributed by atoms with van der Waals surface area (Å²) in [4.78, 5) is 2.35. The third kappa shape index (κ3) is 4.72. The van der Waals surface area contributed by atoms with Crippen molar-refractivity contribution in [3.63, 3.8) is 0 Å². The van der Waals surface area contributed by atoms with E-state index in [4.69, 9.17) is 22.1 Å². The lowest BCUT2D eigenvalue weighted by Gasteiger charge is -2.34. The number of methoxy groups -OCH3 is 1. The monoisotopic (exact) mass is 348 g/mol. The highest BCUT2D eigenvalue weighted by molar-refractivity contribution is 9.10. The van der Waals surface area contributed by atoms with Crippen molar-refractivity contribution in [3.8, 4) is 0 Å². The number of nitrogens with zero attached hydrogens (tertiary/aromatic N) is 1. The molecule has 1 unspecified atom stereocenters. The molecule has 1 atom stereocenters. The predicted molar refractivity (Wildman–Crippen MR) is 84.7 cm³/mol. The summed E-state index contributed by atoms with van der Waals surface area (Å²) in [5, 5.41) is 0.715. The van der Waals surface area contributed by atoms with Crippen LogP contribution >= 0.6 is 27.5 Å². The molecule has 0 heterocycles. The summed E-state index contributed by atoms with van der Waals surface area (Å²) < 4.78 is 6.09. The highest BCUT2D eigenvalue weighted by atomic mass is 79.9. The standard InChI is InChI=1S/C14H22BrClN2O/c1-10(2)18(6-7-19-3)14(9-17)11-4-5-13(16)12(15)8-11/h4-5,8,10,14H,6-7,9,17H2,1-3H3. The lowest BCUT2D eigenvalue weighted by molar-refractivity contribution is 0.0979. The molecule has 2 N–H and O–H groups in total. The third-order valence-electron chi connectivity index (χ3n) is 3.17. The number of benzene rings is 1. The molecule has 0 aliphatic rings. The molecule has 19 heavy (non-hydrogen) atoms. The Morgan fingerprint density at radius 1 is 1.42 bits per heavy atom. The van der Waals surface area contributed by atoms with E-state index in [0.29, 0.717) is 24.2 Å². The average molecular weight is 350 g/mol. The largest absolute Gasteiger partial charge is 0.383 e. The van der Waals surface area contributed by atoms with Crippen molar-refractivity contribution in [3.05, 3.63) is 33.3 Å². The minimum atomic E-state index is 0.170. The molecule has 0 saturated heterocycles. The second-order valence-electron chi connectivity index (χ2n) is 4.75. The van der Waals surface area contributed by atoms with Gasteiger partial charge in [0.05, 0.1) is 11.6 Å². The van der Waals surface area contributed by atoms with Crippen molar-refractivity contribution in [1.29, 1.82) is 0 Å². The van der Waals surface area contributed by atoms with Gasteiger partial charge in [0.15, 0.2) is 0 Å². The van der Waals surface area contributed by atoms with E-state index >= 15 is 0 Å². The Hall–Kier alpha value is -0.130. The zero-order chi connectivity index (χ0) is 14.4. The van der Waals surface area contributed by atoms with E-state index in [-0.39, 0.29) is 6.04 Å². The lowest BCUT2D eigenvalue weighted by Crippen LogP contribution is -2.40. The zero-order valence-corrected chi connectivity index (χ0v) is 14.0. The number of nitrogens with two attached hydrogens (primary N) is 1. The Kier molecular flexibility index (Phi) is 7.32. The van der Waals surface area contributed by atoms with E-state index in [0.717, 1.165) is 11.0 Å². The van der Waals surface area contributed by atoms with Crippen LogP contribution in [0, 0.1) is 0 Å². The first-order valence-electron chi connectivity index (χ1n) is 6.41. The maximum Gasteiger partial charge on any atom is 0.0590 e. The molecule has 1 rings (SSSR count). The number of ether oxygens (including phenoxy) is 1.